The summed E-state index contributed by atoms with van der Waals surface area (Å²) in [5, 5.41) is 2.77. The van der Waals surface area contributed by atoms with Crippen LogP contribution in [-0.2, 0) is 20.8 Å². The predicted octanol–water partition coefficient (Wildman–Crippen LogP) is 3.54. The van der Waals surface area contributed by atoms with Gasteiger partial charge in [0.05, 0.1) is 24.5 Å². The Hall–Kier alpha value is -3.03. The third-order valence-electron chi connectivity index (χ3n) is 5.29. The number of carbonyl (C=O) groups excluding carboxylic acids is 3. The van der Waals surface area contributed by atoms with Gasteiger partial charge < -0.3 is 14.8 Å². The number of Topliss-reactive ketones (excluding diaryl/α,β-unsaturated/α-hetero) is 1. The van der Waals surface area contributed by atoms with Crippen LogP contribution in [0.25, 0.3) is 0 Å². The minimum atomic E-state index is -0.653. The van der Waals surface area contributed by atoms with Gasteiger partial charge in [-0.1, -0.05) is 45.0 Å². The van der Waals surface area contributed by atoms with Crippen LogP contribution in [0.2, 0.25) is 0 Å². The molecule has 1 fully saturated rings. The lowest BCUT2D eigenvalue weighted by Crippen LogP contribution is -2.35. The third kappa shape index (κ3) is 6.48. The first-order valence-electron chi connectivity index (χ1n) is 10.7. The van der Waals surface area contributed by atoms with Gasteiger partial charge in [0.15, 0.2) is 12.4 Å². The predicted molar refractivity (Wildman–Crippen MR) is 122 cm³/mol. The van der Waals surface area contributed by atoms with E-state index in [0.717, 1.165) is 38.4 Å². The molecule has 3 rings (SSSR count). The number of hydrogen-bond acceptors (Lipinski definition) is 6. The summed E-state index contributed by atoms with van der Waals surface area (Å²) in [6, 6.07) is 14.0. The number of nitrogens with one attached hydrogen (secondary N) is 1. The van der Waals surface area contributed by atoms with Gasteiger partial charge in [-0.25, -0.2) is 4.79 Å². The Labute approximate surface area is 188 Å². The van der Waals surface area contributed by atoms with Gasteiger partial charge in [-0.3, -0.25) is 14.5 Å². The number of amides is 1. The second-order valence-corrected chi connectivity index (χ2v) is 8.83. The lowest BCUT2D eigenvalue weighted by molar-refractivity contribution is -0.129. The number of ether oxygens (including phenoxy) is 2. The van der Waals surface area contributed by atoms with E-state index in [0.29, 0.717) is 11.3 Å². The van der Waals surface area contributed by atoms with Crippen LogP contribution in [0.4, 0.5) is 5.69 Å². The summed E-state index contributed by atoms with van der Waals surface area (Å²) in [6.07, 6.45) is 0. The van der Waals surface area contributed by atoms with Crippen molar-refractivity contribution >= 4 is 23.3 Å². The van der Waals surface area contributed by atoms with Crippen molar-refractivity contribution in [3.8, 4) is 0 Å². The summed E-state index contributed by atoms with van der Waals surface area (Å²) in [7, 11) is 0. The van der Waals surface area contributed by atoms with E-state index >= 15 is 0 Å². The smallest absolute Gasteiger partial charge is 0.340 e. The number of para-hydroxylation sites is 1. The molecular weight excluding hydrogens is 408 g/mol. The number of benzene rings is 2. The van der Waals surface area contributed by atoms with Crippen LogP contribution < -0.4 is 5.32 Å². The molecule has 1 amide bonds. The molecule has 0 aromatic heterocycles. The quantitative estimate of drug-likeness (QED) is 0.666. The van der Waals surface area contributed by atoms with E-state index < -0.39 is 11.4 Å². The molecular formula is C25H30N2O5. The summed E-state index contributed by atoms with van der Waals surface area (Å²) >= 11 is 0. The lowest BCUT2D eigenvalue weighted by atomic mass is 9.91. The number of nitrogens with zero attached hydrogens (tertiary/aromatic N) is 1. The highest BCUT2D eigenvalue weighted by molar-refractivity contribution is 6.08. The molecule has 7 nitrogen and oxygen atoms in total. The van der Waals surface area contributed by atoms with Crippen LogP contribution >= 0.6 is 0 Å². The van der Waals surface area contributed by atoms with Gasteiger partial charge in [0, 0.05) is 30.6 Å². The van der Waals surface area contributed by atoms with Crippen LogP contribution in [0.15, 0.2) is 48.5 Å². The molecule has 0 atom stereocenters. The zero-order valence-electron chi connectivity index (χ0n) is 18.8. The van der Waals surface area contributed by atoms with E-state index in [4.69, 9.17) is 9.47 Å². The Morgan fingerprint density at radius 3 is 2.31 bits per heavy atom. The molecule has 2 aromatic rings. The zero-order chi connectivity index (χ0) is 23.1. The second kappa shape index (κ2) is 10.5. The molecule has 0 radical (unpaired) electrons. The van der Waals surface area contributed by atoms with Crippen molar-refractivity contribution in [3.63, 3.8) is 0 Å². The van der Waals surface area contributed by atoms with E-state index in [2.05, 4.69) is 10.2 Å². The van der Waals surface area contributed by atoms with Gasteiger partial charge in [0.2, 0.25) is 0 Å². The van der Waals surface area contributed by atoms with Crippen molar-refractivity contribution in [2.75, 3.05) is 38.2 Å². The standard InChI is InChI=1S/C25H30N2O5/c1-25(2,3)22(28)17-32-24(30)20-6-4-5-7-21(20)26-23(29)19-10-8-18(9-11-19)16-27-12-14-31-15-13-27/h4-11H,12-17H2,1-3H3,(H,26,29). The number of rotatable bonds is 7. The van der Waals surface area contributed by atoms with E-state index in [9.17, 15) is 14.4 Å². The topological polar surface area (TPSA) is 84.9 Å². The van der Waals surface area contributed by atoms with Crippen LogP contribution in [0, 0.1) is 5.41 Å². The number of carbonyl (C=O) groups is 3. The van der Waals surface area contributed by atoms with E-state index in [1.54, 1.807) is 57.2 Å². The van der Waals surface area contributed by atoms with E-state index in [1.807, 2.05) is 12.1 Å². The first-order chi connectivity index (χ1) is 15.2. The molecule has 0 unspecified atom stereocenters. The second-order valence-electron chi connectivity index (χ2n) is 8.83. The maximum absolute atomic E-state index is 12.7. The van der Waals surface area contributed by atoms with Crippen molar-refractivity contribution in [3.05, 3.63) is 65.2 Å². The minimum Gasteiger partial charge on any atom is -0.454 e. The number of ketones is 1. The summed E-state index contributed by atoms with van der Waals surface area (Å²) in [5.41, 5.74) is 1.55. The van der Waals surface area contributed by atoms with Gasteiger partial charge in [0.25, 0.3) is 5.91 Å². The number of anilines is 1. The Bertz CT molecular complexity index is 957. The van der Waals surface area contributed by atoms with E-state index in [-0.39, 0.29) is 23.9 Å². The zero-order valence-corrected chi connectivity index (χ0v) is 18.8. The molecule has 1 saturated heterocycles. The molecule has 0 spiro atoms. The summed E-state index contributed by atoms with van der Waals surface area (Å²) in [5.74, 6) is -1.15. The molecule has 1 aliphatic rings. The summed E-state index contributed by atoms with van der Waals surface area (Å²) < 4.78 is 10.5. The van der Waals surface area contributed by atoms with Gasteiger partial charge in [-0.15, -0.1) is 0 Å². The average Bonchev–Trinajstić information content (AvgIpc) is 2.78. The molecule has 1 N–H and O–H groups in total. The Morgan fingerprint density at radius 1 is 1.00 bits per heavy atom. The SMILES string of the molecule is CC(C)(C)C(=O)COC(=O)c1ccccc1NC(=O)c1ccc(CN2CCOCC2)cc1. The van der Waals surface area contributed by atoms with Gasteiger partial charge in [0.1, 0.15) is 0 Å². The maximum atomic E-state index is 12.7. The van der Waals surface area contributed by atoms with Crippen molar-refractivity contribution < 1.29 is 23.9 Å². The van der Waals surface area contributed by atoms with Crippen molar-refractivity contribution in [1.29, 1.82) is 0 Å². The molecule has 170 valence electrons. The molecule has 2 aromatic carbocycles. The first-order valence-corrected chi connectivity index (χ1v) is 10.7. The molecule has 0 aliphatic carbocycles. The summed E-state index contributed by atoms with van der Waals surface area (Å²) in [6.45, 7) is 9.09. The number of hydrogen-bond donors (Lipinski definition) is 1. The number of esters is 1. The van der Waals surface area contributed by atoms with Crippen LogP contribution in [-0.4, -0.2) is 55.5 Å². The fraction of sp³-hybridized carbons (Fsp3) is 0.400. The molecule has 1 aliphatic heterocycles. The van der Waals surface area contributed by atoms with Crippen LogP contribution in [0.5, 0.6) is 0 Å². The van der Waals surface area contributed by atoms with Gasteiger partial charge in [-0.2, -0.15) is 0 Å². The normalized spacial score (nSPS) is 14.6. The van der Waals surface area contributed by atoms with E-state index in [1.165, 1.54) is 0 Å². The largest absolute Gasteiger partial charge is 0.454 e. The van der Waals surface area contributed by atoms with Crippen LogP contribution in [0.1, 0.15) is 47.1 Å². The fourth-order valence-electron chi connectivity index (χ4n) is 3.17. The fourth-order valence-corrected chi connectivity index (χ4v) is 3.17. The first kappa shape index (κ1) is 23.6. The Balaban J connectivity index is 1.62. The van der Waals surface area contributed by atoms with Crippen molar-refractivity contribution in [1.82, 2.24) is 4.90 Å². The highest BCUT2D eigenvalue weighted by Gasteiger charge is 2.23. The highest BCUT2D eigenvalue weighted by Crippen LogP contribution is 2.19. The van der Waals surface area contributed by atoms with Crippen LogP contribution in [0.3, 0.4) is 0 Å². The van der Waals surface area contributed by atoms with Crippen molar-refractivity contribution in [2.45, 2.75) is 27.3 Å². The highest BCUT2D eigenvalue weighted by atomic mass is 16.5. The molecule has 0 bridgehead atoms. The van der Waals surface area contributed by atoms with Crippen molar-refractivity contribution in [2.24, 2.45) is 5.41 Å². The molecule has 0 saturated carbocycles. The summed E-state index contributed by atoms with van der Waals surface area (Å²) in [4.78, 5) is 39.6. The maximum Gasteiger partial charge on any atom is 0.340 e. The Kier molecular flexibility index (Phi) is 7.77. The average molecular weight is 439 g/mol. The number of morpholine rings is 1. The Morgan fingerprint density at radius 2 is 1.66 bits per heavy atom. The van der Waals surface area contributed by atoms with Gasteiger partial charge >= 0.3 is 5.97 Å². The minimum absolute atomic E-state index is 0.176. The molecule has 32 heavy (non-hydrogen) atoms. The molecule has 7 heteroatoms. The third-order valence-corrected chi connectivity index (χ3v) is 5.29. The van der Waals surface area contributed by atoms with Gasteiger partial charge in [-0.05, 0) is 29.8 Å². The lowest BCUT2D eigenvalue weighted by Gasteiger charge is -2.26. The monoisotopic (exact) mass is 438 g/mol. The molecule has 1 heterocycles.